The summed E-state index contributed by atoms with van der Waals surface area (Å²) in [5.41, 5.74) is 5.27. The summed E-state index contributed by atoms with van der Waals surface area (Å²) in [5.74, 6) is -0.361. The second-order valence-corrected chi connectivity index (χ2v) is 9.90. The van der Waals surface area contributed by atoms with Crippen LogP contribution in [0.25, 0.3) is 11.0 Å². The fourth-order valence-corrected chi connectivity index (χ4v) is 5.34. The van der Waals surface area contributed by atoms with Crippen LogP contribution in [0, 0.1) is 24.1 Å². The van der Waals surface area contributed by atoms with Gasteiger partial charge in [-0.3, -0.25) is 14.7 Å². The smallest absolute Gasteiger partial charge is 0.252 e. The summed E-state index contributed by atoms with van der Waals surface area (Å²) in [4.78, 5) is 26.1. The molecule has 3 aromatic heterocycles. The van der Waals surface area contributed by atoms with Gasteiger partial charge in [0.05, 0.1) is 23.4 Å². The molecule has 188 valence electrons. The zero-order chi connectivity index (χ0) is 26.3. The number of aromatic nitrogens is 3. The van der Waals surface area contributed by atoms with Crippen molar-refractivity contribution in [1.82, 2.24) is 19.4 Å². The average molecular weight is 497 g/mol. The molecule has 0 N–H and O–H groups in total. The van der Waals surface area contributed by atoms with Crippen LogP contribution in [0.2, 0.25) is 0 Å². The topological polar surface area (TPSA) is 78.0 Å². The van der Waals surface area contributed by atoms with Gasteiger partial charge >= 0.3 is 0 Å². The highest BCUT2D eigenvalue weighted by molar-refractivity contribution is 5.89. The molecule has 1 aliphatic heterocycles. The van der Waals surface area contributed by atoms with E-state index in [0.717, 1.165) is 22.4 Å². The molecule has 0 bridgehead atoms. The molecule has 4 aromatic rings. The van der Waals surface area contributed by atoms with E-state index < -0.39 is 0 Å². The number of aryl methyl sites for hydroxylation is 2. The van der Waals surface area contributed by atoms with Gasteiger partial charge < -0.3 is 9.47 Å². The minimum atomic E-state index is -0.361. The molecule has 0 radical (unpaired) electrons. The van der Waals surface area contributed by atoms with Gasteiger partial charge in [-0.15, -0.1) is 0 Å². The minimum absolute atomic E-state index is 0.0218. The van der Waals surface area contributed by atoms with Crippen LogP contribution in [0.15, 0.2) is 65.7 Å². The van der Waals surface area contributed by atoms with E-state index in [9.17, 15) is 14.4 Å². The summed E-state index contributed by atoms with van der Waals surface area (Å²) in [5, 5.41) is 9.43. The number of piperazine rings is 1. The molecular weight excluding hydrogens is 467 g/mol. The zero-order valence-corrected chi connectivity index (χ0v) is 21.4. The largest absolute Gasteiger partial charge is 0.364 e. The Morgan fingerprint density at radius 1 is 1.03 bits per heavy atom. The van der Waals surface area contributed by atoms with Gasteiger partial charge in [-0.05, 0) is 50.1 Å². The van der Waals surface area contributed by atoms with Crippen molar-refractivity contribution in [1.29, 1.82) is 5.26 Å². The molecule has 37 heavy (non-hydrogen) atoms. The van der Waals surface area contributed by atoms with E-state index in [4.69, 9.17) is 0 Å². The third kappa shape index (κ3) is 4.58. The molecule has 4 heterocycles. The highest BCUT2D eigenvalue weighted by Gasteiger charge is 2.36. The van der Waals surface area contributed by atoms with E-state index in [1.54, 1.807) is 42.1 Å². The van der Waals surface area contributed by atoms with Crippen molar-refractivity contribution < 1.29 is 4.39 Å². The fourth-order valence-electron chi connectivity index (χ4n) is 5.34. The molecule has 1 saturated heterocycles. The molecule has 0 saturated carbocycles. The van der Waals surface area contributed by atoms with Crippen molar-refractivity contribution in [2.24, 2.45) is 7.05 Å². The van der Waals surface area contributed by atoms with Crippen molar-refractivity contribution >= 4 is 16.7 Å². The molecule has 0 amide bonds. The predicted molar refractivity (Wildman–Crippen MR) is 142 cm³/mol. The monoisotopic (exact) mass is 496 g/mol. The van der Waals surface area contributed by atoms with Gasteiger partial charge in [-0.1, -0.05) is 29.8 Å². The van der Waals surface area contributed by atoms with E-state index in [0.29, 0.717) is 29.8 Å². The van der Waals surface area contributed by atoms with E-state index in [2.05, 4.69) is 63.9 Å². The van der Waals surface area contributed by atoms with E-state index in [-0.39, 0.29) is 29.5 Å². The van der Waals surface area contributed by atoms with Crippen LogP contribution < -0.4 is 10.5 Å². The van der Waals surface area contributed by atoms with Gasteiger partial charge in [0, 0.05) is 44.5 Å². The van der Waals surface area contributed by atoms with Gasteiger partial charge in [0.1, 0.15) is 23.1 Å². The van der Waals surface area contributed by atoms with Gasteiger partial charge in [0.2, 0.25) is 0 Å². The van der Waals surface area contributed by atoms with Gasteiger partial charge in [-0.25, -0.2) is 9.37 Å². The van der Waals surface area contributed by atoms with Gasteiger partial charge in [0.15, 0.2) is 0 Å². The van der Waals surface area contributed by atoms with Crippen molar-refractivity contribution in [3.05, 3.63) is 99.5 Å². The molecule has 1 unspecified atom stereocenters. The predicted octanol–water partition coefficient (Wildman–Crippen LogP) is 4.34. The molecule has 8 heteroatoms. The van der Waals surface area contributed by atoms with Crippen molar-refractivity contribution in [3.8, 4) is 6.07 Å². The standard InChI is InChI=1S/C29H29FN6O/c1-18-5-7-21(8-6-18)29(22-11-23(30)15-32-14-22)36-17-19(2)35(16-20(36)3)26-12-27(37)34(4)25-10-9-24(13-31)33-28(25)26/h5-12,14-15,19-20,29H,16-17H2,1-4H3/t19-,20-,29?/m0/s1. The van der Waals surface area contributed by atoms with E-state index in [1.807, 2.05) is 6.92 Å². The molecule has 3 atom stereocenters. The summed E-state index contributed by atoms with van der Waals surface area (Å²) in [6.45, 7) is 7.61. The number of benzene rings is 1. The number of halogens is 1. The van der Waals surface area contributed by atoms with Crippen LogP contribution in [-0.2, 0) is 7.05 Å². The maximum Gasteiger partial charge on any atom is 0.252 e. The second kappa shape index (κ2) is 9.75. The lowest BCUT2D eigenvalue weighted by Gasteiger charge is -2.48. The van der Waals surface area contributed by atoms with E-state index >= 15 is 0 Å². The Balaban J connectivity index is 1.56. The first-order valence-electron chi connectivity index (χ1n) is 12.4. The molecule has 1 aromatic carbocycles. The Morgan fingerprint density at radius 2 is 1.78 bits per heavy atom. The molecule has 1 aliphatic rings. The second-order valence-electron chi connectivity index (χ2n) is 9.90. The number of nitriles is 1. The van der Waals surface area contributed by atoms with Crippen molar-refractivity contribution in [2.75, 3.05) is 18.0 Å². The summed E-state index contributed by atoms with van der Waals surface area (Å²) in [6.07, 6.45) is 2.96. The highest BCUT2D eigenvalue weighted by atomic mass is 19.1. The highest BCUT2D eigenvalue weighted by Crippen LogP contribution is 2.36. The Morgan fingerprint density at radius 3 is 2.49 bits per heavy atom. The average Bonchev–Trinajstić information content (AvgIpc) is 2.89. The van der Waals surface area contributed by atoms with Crippen LogP contribution in [0.4, 0.5) is 10.1 Å². The van der Waals surface area contributed by atoms with E-state index in [1.165, 1.54) is 6.20 Å². The van der Waals surface area contributed by atoms with Crippen LogP contribution >= 0.6 is 0 Å². The number of hydrogen-bond donors (Lipinski definition) is 0. The fraction of sp³-hybridized carbons (Fsp3) is 0.310. The first-order chi connectivity index (χ1) is 17.8. The molecule has 7 nitrogen and oxygen atoms in total. The molecule has 5 rings (SSSR count). The summed E-state index contributed by atoms with van der Waals surface area (Å²) in [6, 6.07) is 16.9. The third-order valence-electron chi connectivity index (χ3n) is 7.29. The number of nitrogens with zero attached hydrogens (tertiary/aromatic N) is 6. The lowest BCUT2D eigenvalue weighted by atomic mass is 9.93. The summed E-state index contributed by atoms with van der Waals surface area (Å²) in [7, 11) is 1.71. The number of fused-ring (bicyclic) bond motifs is 1. The maximum absolute atomic E-state index is 14.3. The lowest BCUT2D eigenvalue weighted by molar-refractivity contribution is 0.129. The third-order valence-corrected chi connectivity index (χ3v) is 7.29. The molecule has 0 aliphatic carbocycles. The summed E-state index contributed by atoms with van der Waals surface area (Å²) < 4.78 is 15.8. The van der Waals surface area contributed by atoms with Gasteiger partial charge in [-0.2, -0.15) is 5.26 Å². The first-order valence-corrected chi connectivity index (χ1v) is 12.4. The molecular formula is C29H29FN6O. The maximum atomic E-state index is 14.3. The van der Waals surface area contributed by atoms with Crippen LogP contribution in [0.3, 0.4) is 0 Å². The van der Waals surface area contributed by atoms with Crippen molar-refractivity contribution in [3.63, 3.8) is 0 Å². The number of rotatable bonds is 4. The molecule has 0 spiro atoms. The summed E-state index contributed by atoms with van der Waals surface area (Å²) >= 11 is 0. The number of pyridine rings is 3. The van der Waals surface area contributed by atoms with Crippen molar-refractivity contribution in [2.45, 2.75) is 38.9 Å². The Kier molecular flexibility index (Phi) is 6.48. The van der Waals surface area contributed by atoms with Crippen LogP contribution in [0.1, 0.15) is 42.3 Å². The Bertz CT molecular complexity index is 1560. The SMILES string of the molecule is Cc1ccc(C(c2cncc(F)c2)N2C[C@H](C)N(c3cc(=O)n(C)c4ccc(C#N)nc34)C[C@@H]2C)cc1. The number of hydrogen-bond acceptors (Lipinski definition) is 6. The van der Waals surface area contributed by atoms with Crippen LogP contribution in [0.5, 0.6) is 0 Å². The minimum Gasteiger partial charge on any atom is -0.364 e. The normalized spacial score (nSPS) is 19.1. The quantitative estimate of drug-likeness (QED) is 0.418. The lowest BCUT2D eigenvalue weighted by Crippen LogP contribution is -2.57. The van der Waals surface area contributed by atoms with Gasteiger partial charge in [0.25, 0.3) is 5.56 Å². The Labute approximate surface area is 215 Å². The first kappa shape index (κ1) is 24.6. The molecule has 1 fully saturated rings. The Hall–Kier alpha value is -4.09. The zero-order valence-electron chi connectivity index (χ0n) is 21.4. The van der Waals surface area contributed by atoms with Crippen LogP contribution in [-0.4, -0.2) is 44.6 Å². The number of anilines is 1.